The molecule has 3 nitrogen and oxygen atoms in total. The van der Waals surface area contributed by atoms with Gasteiger partial charge >= 0.3 is 0 Å². The molecule has 0 saturated heterocycles. The van der Waals surface area contributed by atoms with E-state index in [1.54, 1.807) is 25.3 Å². The SMILES string of the molecule is COc1ccc(C(=O)CN(C)c2cccc(C)c2)cc1Cl. The molecule has 2 rings (SSSR count). The largest absolute Gasteiger partial charge is 0.495 e. The highest BCUT2D eigenvalue weighted by molar-refractivity contribution is 6.32. The van der Waals surface area contributed by atoms with Crippen molar-refractivity contribution in [2.45, 2.75) is 6.92 Å². The first-order chi connectivity index (χ1) is 10.0. The molecule has 0 spiro atoms. The van der Waals surface area contributed by atoms with Crippen molar-refractivity contribution in [3.8, 4) is 5.75 Å². The van der Waals surface area contributed by atoms with Gasteiger partial charge in [-0.2, -0.15) is 0 Å². The second-order valence-corrected chi connectivity index (χ2v) is 5.37. The number of nitrogens with zero attached hydrogens (tertiary/aromatic N) is 1. The Balaban J connectivity index is 2.12. The van der Waals surface area contributed by atoms with Crippen molar-refractivity contribution in [2.24, 2.45) is 0 Å². The maximum atomic E-state index is 12.3. The molecule has 2 aromatic rings. The van der Waals surface area contributed by atoms with Gasteiger partial charge in [-0.05, 0) is 42.8 Å². The Hall–Kier alpha value is -2.00. The Morgan fingerprint density at radius 2 is 2.00 bits per heavy atom. The van der Waals surface area contributed by atoms with Crippen molar-refractivity contribution in [1.29, 1.82) is 0 Å². The highest BCUT2D eigenvalue weighted by Gasteiger charge is 2.12. The highest BCUT2D eigenvalue weighted by Crippen LogP contribution is 2.25. The number of Topliss-reactive ketones (excluding diaryl/α,β-unsaturated/α-hetero) is 1. The number of halogens is 1. The Bertz CT molecular complexity index is 655. The smallest absolute Gasteiger partial charge is 0.182 e. The van der Waals surface area contributed by atoms with E-state index in [-0.39, 0.29) is 5.78 Å². The first-order valence-corrected chi connectivity index (χ1v) is 7.03. The molecule has 0 bridgehead atoms. The van der Waals surface area contributed by atoms with Crippen LogP contribution in [-0.2, 0) is 0 Å². The number of methoxy groups -OCH3 is 1. The van der Waals surface area contributed by atoms with Gasteiger partial charge < -0.3 is 9.64 Å². The number of hydrogen-bond acceptors (Lipinski definition) is 3. The van der Waals surface area contributed by atoms with E-state index < -0.39 is 0 Å². The van der Waals surface area contributed by atoms with Crippen LogP contribution in [0.4, 0.5) is 5.69 Å². The highest BCUT2D eigenvalue weighted by atomic mass is 35.5. The van der Waals surface area contributed by atoms with Crippen LogP contribution in [0.15, 0.2) is 42.5 Å². The van der Waals surface area contributed by atoms with Gasteiger partial charge in [-0.1, -0.05) is 23.7 Å². The third kappa shape index (κ3) is 3.76. The standard InChI is InChI=1S/C17H18ClNO2/c1-12-5-4-6-14(9-12)19(2)11-16(20)13-7-8-17(21-3)15(18)10-13/h4-10H,11H2,1-3H3. The van der Waals surface area contributed by atoms with Crippen LogP contribution in [-0.4, -0.2) is 26.5 Å². The summed E-state index contributed by atoms with van der Waals surface area (Å²) < 4.78 is 5.09. The molecule has 4 heteroatoms. The molecule has 2 aromatic carbocycles. The van der Waals surface area contributed by atoms with Crippen molar-refractivity contribution in [3.63, 3.8) is 0 Å². The zero-order valence-electron chi connectivity index (χ0n) is 12.4. The van der Waals surface area contributed by atoms with Crippen LogP contribution < -0.4 is 9.64 Å². The third-order valence-corrected chi connectivity index (χ3v) is 3.59. The van der Waals surface area contributed by atoms with Crippen LogP contribution in [0.1, 0.15) is 15.9 Å². The Morgan fingerprint density at radius 3 is 2.62 bits per heavy atom. The van der Waals surface area contributed by atoms with Crippen molar-refractivity contribution in [2.75, 3.05) is 25.6 Å². The first-order valence-electron chi connectivity index (χ1n) is 6.66. The van der Waals surface area contributed by atoms with Crippen LogP contribution in [0.5, 0.6) is 5.75 Å². The lowest BCUT2D eigenvalue weighted by molar-refractivity contribution is 0.100. The fraction of sp³-hybridized carbons (Fsp3) is 0.235. The van der Waals surface area contributed by atoms with Gasteiger partial charge in [0.1, 0.15) is 5.75 Å². The molecule has 0 amide bonds. The van der Waals surface area contributed by atoms with Crippen molar-refractivity contribution in [1.82, 2.24) is 0 Å². The molecule has 0 aromatic heterocycles. The lowest BCUT2D eigenvalue weighted by Crippen LogP contribution is -2.25. The summed E-state index contributed by atoms with van der Waals surface area (Å²) in [5.74, 6) is 0.587. The summed E-state index contributed by atoms with van der Waals surface area (Å²) in [6.45, 7) is 2.33. The number of ether oxygens (including phenoxy) is 1. The number of benzene rings is 2. The monoisotopic (exact) mass is 303 g/mol. The van der Waals surface area contributed by atoms with Gasteiger partial charge in [0, 0.05) is 18.3 Å². The number of likely N-dealkylation sites (N-methyl/N-ethyl adjacent to an activating group) is 1. The maximum absolute atomic E-state index is 12.3. The molecule has 0 atom stereocenters. The zero-order valence-corrected chi connectivity index (χ0v) is 13.1. The molecule has 0 aliphatic rings. The summed E-state index contributed by atoms with van der Waals surface area (Å²) in [6, 6.07) is 13.1. The minimum absolute atomic E-state index is 0.0172. The van der Waals surface area contributed by atoms with Crippen LogP contribution in [0.2, 0.25) is 5.02 Å². The van der Waals surface area contributed by atoms with E-state index in [0.717, 1.165) is 5.69 Å². The van der Waals surface area contributed by atoms with Gasteiger partial charge in [0.15, 0.2) is 5.78 Å². The molecular weight excluding hydrogens is 286 g/mol. The van der Waals surface area contributed by atoms with Gasteiger partial charge in [0.25, 0.3) is 0 Å². The molecule has 0 heterocycles. The average Bonchev–Trinajstić information content (AvgIpc) is 2.47. The number of carbonyl (C=O) groups excluding carboxylic acids is 1. The van der Waals surface area contributed by atoms with Crippen molar-refractivity contribution >= 4 is 23.1 Å². The molecule has 0 aliphatic heterocycles. The van der Waals surface area contributed by atoms with Crippen LogP contribution >= 0.6 is 11.6 Å². The van der Waals surface area contributed by atoms with E-state index in [1.807, 2.05) is 43.1 Å². The second kappa shape index (κ2) is 6.64. The topological polar surface area (TPSA) is 29.5 Å². The molecule has 0 unspecified atom stereocenters. The van der Waals surface area contributed by atoms with E-state index in [1.165, 1.54) is 5.56 Å². The minimum atomic E-state index is 0.0172. The van der Waals surface area contributed by atoms with Gasteiger partial charge in [0.05, 0.1) is 18.7 Å². The molecule has 110 valence electrons. The summed E-state index contributed by atoms with van der Waals surface area (Å²) in [5, 5.41) is 0.446. The maximum Gasteiger partial charge on any atom is 0.182 e. The second-order valence-electron chi connectivity index (χ2n) is 4.97. The number of hydrogen-bond donors (Lipinski definition) is 0. The number of ketones is 1. The van der Waals surface area contributed by atoms with Crippen molar-refractivity contribution < 1.29 is 9.53 Å². The quantitative estimate of drug-likeness (QED) is 0.783. The molecule has 0 N–H and O–H groups in total. The van der Waals surface area contributed by atoms with Gasteiger partial charge in [-0.15, -0.1) is 0 Å². The Morgan fingerprint density at radius 1 is 1.24 bits per heavy atom. The third-order valence-electron chi connectivity index (χ3n) is 3.30. The van der Waals surface area contributed by atoms with Crippen molar-refractivity contribution in [3.05, 3.63) is 58.6 Å². The summed E-state index contributed by atoms with van der Waals surface area (Å²) >= 11 is 6.06. The summed E-state index contributed by atoms with van der Waals surface area (Å²) in [7, 11) is 3.45. The summed E-state index contributed by atoms with van der Waals surface area (Å²) in [5.41, 5.74) is 2.77. The Kier molecular flexibility index (Phi) is 4.86. The summed E-state index contributed by atoms with van der Waals surface area (Å²) in [6.07, 6.45) is 0. The van der Waals surface area contributed by atoms with Gasteiger partial charge in [-0.3, -0.25) is 4.79 Å². The van der Waals surface area contributed by atoms with E-state index in [0.29, 0.717) is 22.9 Å². The number of aryl methyl sites for hydroxylation is 1. The fourth-order valence-electron chi connectivity index (χ4n) is 2.10. The Labute approximate surface area is 130 Å². The average molecular weight is 304 g/mol. The van der Waals surface area contributed by atoms with E-state index in [4.69, 9.17) is 16.3 Å². The molecule has 0 fully saturated rings. The predicted molar refractivity (Wildman–Crippen MR) is 86.8 cm³/mol. The molecule has 21 heavy (non-hydrogen) atoms. The number of carbonyl (C=O) groups is 1. The molecule has 0 aliphatic carbocycles. The van der Waals surface area contributed by atoms with E-state index >= 15 is 0 Å². The molecule has 0 radical (unpaired) electrons. The minimum Gasteiger partial charge on any atom is -0.495 e. The number of anilines is 1. The molecule has 0 saturated carbocycles. The molecular formula is C17H18ClNO2. The van der Waals surface area contributed by atoms with Crippen LogP contribution in [0.3, 0.4) is 0 Å². The van der Waals surface area contributed by atoms with Crippen LogP contribution in [0, 0.1) is 6.92 Å². The lowest BCUT2D eigenvalue weighted by atomic mass is 10.1. The fourth-order valence-corrected chi connectivity index (χ4v) is 2.36. The lowest BCUT2D eigenvalue weighted by Gasteiger charge is -2.19. The summed E-state index contributed by atoms with van der Waals surface area (Å²) in [4.78, 5) is 14.2. The van der Waals surface area contributed by atoms with E-state index in [9.17, 15) is 4.79 Å². The number of rotatable bonds is 5. The van der Waals surface area contributed by atoms with Gasteiger partial charge in [-0.25, -0.2) is 0 Å². The first kappa shape index (κ1) is 15.4. The van der Waals surface area contributed by atoms with E-state index in [2.05, 4.69) is 0 Å². The van der Waals surface area contributed by atoms with Crippen LogP contribution in [0.25, 0.3) is 0 Å². The predicted octanol–water partition coefficient (Wildman–Crippen LogP) is 3.98. The zero-order chi connectivity index (χ0) is 15.4. The normalized spacial score (nSPS) is 10.3. The van der Waals surface area contributed by atoms with Gasteiger partial charge in [0.2, 0.25) is 0 Å².